The number of hydrogen-bond acceptors (Lipinski definition) is 4. The van der Waals surface area contributed by atoms with E-state index in [0.717, 1.165) is 18.6 Å². The molecule has 122 valence electrons. The van der Waals surface area contributed by atoms with Gasteiger partial charge in [0.25, 0.3) is 5.91 Å². The van der Waals surface area contributed by atoms with Crippen molar-refractivity contribution < 1.29 is 14.3 Å². The zero-order valence-electron chi connectivity index (χ0n) is 13.2. The Morgan fingerprint density at radius 2 is 2.09 bits per heavy atom. The number of hydrazone groups is 1. The van der Waals surface area contributed by atoms with Gasteiger partial charge in [-0.3, -0.25) is 9.59 Å². The van der Waals surface area contributed by atoms with Gasteiger partial charge in [0.15, 0.2) is 0 Å². The number of rotatable bonds is 4. The summed E-state index contributed by atoms with van der Waals surface area (Å²) in [6, 6.07) is 7.41. The SMILES string of the molecule is CN1N=C(C(=O)Nc2cccc(OC3CCCC3)c2)CCC1=O. The molecule has 1 aliphatic heterocycles. The summed E-state index contributed by atoms with van der Waals surface area (Å²) in [6.07, 6.45) is 5.58. The fourth-order valence-corrected chi connectivity index (χ4v) is 2.88. The van der Waals surface area contributed by atoms with Gasteiger partial charge < -0.3 is 10.1 Å². The Morgan fingerprint density at radius 3 is 2.83 bits per heavy atom. The lowest BCUT2D eigenvalue weighted by molar-refractivity contribution is -0.130. The molecule has 1 aromatic rings. The first-order valence-electron chi connectivity index (χ1n) is 8.04. The summed E-state index contributed by atoms with van der Waals surface area (Å²) in [7, 11) is 1.56. The van der Waals surface area contributed by atoms with Crippen molar-refractivity contribution in [2.24, 2.45) is 5.10 Å². The second-order valence-corrected chi connectivity index (χ2v) is 5.97. The third-order valence-corrected chi connectivity index (χ3v) is 4.17. The molecular formula is C17H21N3O3. The lowest BCUT2D eigenvalue weighted by Crippen LogP contribution is -2.34. The second-order valence-electron chi connectivity index (χ2n) is 5.97. The molecule has 2 amide bonds. The predicted molar refractivity (Wildman–Crippen MR) is 87.4 cm³/mol. The maximum atomic E-state index is 12.3. The van der Waals surface area contributed by atoms with Crippen molar-refractivity contribution in [2.45, 2.75) is 44.6 Å². The van der Waals surface area contributed by atoms with Crippen molar-refractivity contribution in [3.8, 4) is 5.75 Å². The molecule has 0 radical (unpaired) electrons. The Labute approximate surface area is 135 Å². The topological polar surface area (TPSA) is 71.0 Å². The Morgan fingerprint density at radius 1 is 1.30 bits per heavy atom. The first-order valence-corrected chi connectivity index (χ1v) is 8.04. The lowest BCUT2D eigenvalue weighted by atomic mass is 10.1. The van der Waals surface area contributed by atoms with Gasteiger partial charge in [-0.15, -0.1) is 0 Å². The molecule has 1 fully saturated rings. The molecule has 2 aliphatic rings. The molecular weight excluding hydrogens is 294 g/mol. The summed E-state index contributed by atoms with van der Waals surface area (Å²) in [5.41, 5.74) is 1.04. The van der Waals surface area contributed by atoms with Crippen LogP contribution >= 0.6 is 0 Å². The summed E-state index contributed by atoms with van der Waals surface area (Å²) in [4.78, 5) is 23.7. The largest absolute Gasteiger partial charge is 0.490 e. The molecule has 3 rings (SSSR count). The number of hydrogen-bond donors (Lipinski definition) is 1. The van der Waals surface area contributed by atoms with E-state index in [4.69, 9.17) is 4.74 Å². The first-order chi connectivity index (χ1) is 11.1. The van der Waals surface area contributed by atoms with Gasteiger partial charge in [-0.25, -0.2) is 5.01 Å². The molecule has 1 aromatic carbocycles. The highest BCUT2D eigenvalue weighted by Gasteiger charge is 2.22. The molecule has 1 heterocycles. The molecule has 6 nitrogen and oxygen atoms in total. The smallest absolute Gasteiger partial charge is 0.271 e. The average Bonchev–Trinajstić information content (AvgIpc) is 3.03. The highest BCUT2D eigenvalue weighted by Crippen LogP contribution is 2.25. The Hall–Kier alpha value is -2.37. The van der Waals surface area contributed by atoms with Crippen LogP contribution in [0.4, 0.5) is 5.69 Å². The van der Waals surface area contributed by atoms with Crippen LogP contribution in [0.2, 0.25) is 0 Å². The zero-order valence-corrected chi connectivity index (χ0v) is 13.2. The molecule has 1 N–H and O–H groups in total. The van der Waals surface area contributed by atoms with Gasteiger partial charge in [0.2, 0.25) is 5.91 Å². The maximum absolute atomic E-state index is 12.3. The summed E-state index contributed by atoms with van der Waals surface area (Å²) < 4.78 is 5.94. The van der Waals surface area contributed by atoms with Crippen LogP contribution in [0.25, 0.3) is 0 Å². The van der Waals surface area contributed by atoms with Crippen LogP contribution in [0.5, 0.6) is 5.75 Å². The first kappa shape index (κ1) is 15.5. The molecule has 0 atom stereocenters. The number of anilines is 1. The van der Waals surface area contributed by atoms with E-state index in [2.05, 4.69) is 10.4 Å². The second kappa shape index (κ2) is 6.81. The van der Waals surface area contributed by atoms with Gasteiger partial charge in [0.1, 0.15) is 11.5 Å². The van der Waals surface area contributed by atoms with Crippen LogP contribution < -0.4 is 10.1 Å². The number of carbonyl (C=O) groups excluding carboxylic acids is 2. The van der Waals surface area contributed by atoms with E-state index in [-0.39, 0.29) is 17.9 Å². The quantitative estimate of drug-likeness (QED) is 0.928. The van der Waals surface area contributed by atoms with Crippen molar-refractivity contribution in [1.82, 2.24) is 5.01 Å². The third-order valence-electron chi connectivity index (χ3n) is 4.17. The van der Waals surface area contributed by atoms with Crippen LogP contribution in [-0.4, -0.2) is 35.7 Å². The van der Waals surface area contributed by atoms with E-state index in [0.29, 0.717) is 24.2 Å². The van der Waals surface area contributed by atoms with Crippen molar-refractivity contribution in [2.75, 3.05) is 12.4 Å². The number of nitrogens with zero attached hydrogens (tertiary/aromatic N) is 2. The highest BCUT2D eigenvalue weighted by molar-refractivity contribution is 6.43. The van der Waals surface area contributed by atoms with Crippen molar-refractivity contribution in [3.05, 3.63) is 24.3 Å². The zero-order chi connectivity index (χ0) is 16.2. The van der Waals surface area contributed by atoms with Crippen molar-refractivity contribution in [3.63, 3.8) is 0 Å². The Kier molecular flexibility index (Phi) is 4.60. The van der Waals surface area contributed by atoms with E-state index in [1.165, 1.54) is 17.9 Å². The molecule has 0 bridgehead atoms. The van der Waals surface area contributed by atoms with Gasteiger partial charge in [-0.05, 0) is 37.8 Å². The van der Waals surface area contributed by atoms with Gasteiger partial charge in [-0.2, -0.15) is 5.10 Å². The van der Waals surface area contributed by atoms with Crippen LogP contribution in [0, 0.1) is 0 Å². The van der Waals surface area contributed by atoms with Crippen LogP contribution in [0.15, 0.2) is 29.4 Å². The molecule has 0 aromatic heterocycles. The molecule has 6 heteroatoms. The van der Waals surface area contributed by atoms with Gasteiger partial charge in [-0.1, -0.05) is 6.07 Å². The van der Waals surface area contributed by atoms with E-state index < -0.39 is 0 Å². The summed E-state index contributed by atoms with van der Waals surface area (Å²) >= 11 is 0. The lowest BCUT2D eigenvalue weighted by Gasteiger charge is -2.19. The third kappa shape index (κ3) is 3.88. The van der Waals surface area contributed by atoms with Gasteiger partial charge in [0, 0.05) is 31.6 Å². The van der Waals surface area contributed by atoms with Crippen molar-refractivity contribution >= 4 is 23.2 Å². The molecule has 0 saturated heterocycles. The summed E-state index contributed by atoms with van der Waals surface area (Å²) in [5.74, 6) is 0.420. The number of amides is 2. The standard InChI is InChI=1S/C17H21N3O3/c1-20-16(21)10-9-15(19-20)17(22)18-12-5-4-8-14(11-12)23-13-6-2-3-7-13/h4-5,8,11,13H,2-3,6-7,9-10H2,1H3,(H,18,22). The fourth-order valence-electron chi connectivity index (χ4n) is 2.88. The van der Waals surface area contributed by atoms with E-state index in [9.17, 15) is 9.59 Å². The number of nitrogens with one attached hydrogen (secondary N) is 1. The average molecular weight is 315 g/mol. The molecule has 23 heavy (non-hydrogen) atoms. The molecule has 0 unspecified atom stereocenters. The minimum atomic E-state index is -0.276. The normalized spacial score (nSPS) is 18.7. The number of ether oxygens (including phenoxy) is 1. The van der Waals surface area contributed by atoms with Gasteiger partial charge in [0.05, 0.1) is 6.10 Å². The van der Waals surface area contributed by atoms with Crippen LogP contribution in [0.3, 0.4) is 0 Å². The van der Waals surface area contributed by atoms with Gasteiger partial charge >= 0.3 is 0 Å². The number of carbonyl (C=O) groups is 2. The number of benzene rings is 1. The minimum absolute atomic E-state index is 0.0755. The molecule has 1 saturated carbocycles. The maximum Gasteiger partial charge on any atom is 0.271 e. The summed E-state index contributed by atoms with van der Waals surface area (Å²) in [6.45, 7) is 0. The molecule has 1 aliphatic carbocycles. The van der Waals surface area contributed by atoms with Crippen LogP contribution in [-0.2, 0) is 9.59 Å². The predicted octanol–water partition coefficient (Wildman–Crippen LogP) is 2.55. The summed E-state index contributed by atoms with van der Waals surface area (Å²) in [5, 5.41) is 8.07. The van der Waals surface area contributed by atoms with E-state index in [1.807, 2.05) is 24.3 Å². The Balaban J connectivity index is 1.64. The van der Waals surface area contributed by atoms with E-state index >= 15 is 0 Å². The highest BCUT2D eigenvalue weighted by atomic mass is 16.5. The molecule has 0 spiro atoms. The van der Waals surface area contributed by atoms with Crippen molar-refractivity contribution in [1.29, 1.82) is 0 Å². The fraction of sp³-hybridized carbons (Fsp3) is 0.471. The minimum Gasteiger partial charge on any atom is -0.490 e. The van der Waals surface area contributed by atoms with E-state index in [1.54, 1.807) is 7.05 Å². The van der Waals surface area contributed by atoms with Crippen LogP contribution in [0.1, 0.15) is 38.5 Å². The Bertz CT molecular complexity index is 636. The monoisotopic (exact) mass is 315 g/mol.